The van der Waals surface area contributed by atoms with Gasteiger partial charge in [0.1, 0.15) is 0 Å². The smallest absolute Gasteiger partial charge is 0.312 e. The summed E-state index contributed by atoms with van der Waals surface area (Å²) in [6.07, 6.45) is 12.4. The van der Waals surface area contributed by atoms with Crippen molar-refractivity contribution in [1.29, 1.82) is 0 Å². The zero-order valence-electron chi connectivity index (χ0n) is 24.1. The van der Waals surface area contributed by atoms with Gasteiger partial charge in [0.2, 0.25) is 0 Å². The Kier molecular flexibility index (Phi) is 6.20. The summed E-state index contributed by atoms with van der Waals surface area (Å²) < 4.78 is 11.3. The van der Waals surface area contributed by atoms with Gasteiger partial charge < -0.3 is 14.6 Å². The lowest BCUT2D eigenvalue weighted by Crippen LogP contribution is -2.63. The van der Waals surface area contributed by atoms with Crippen LogP contribution in [-0.4, -0.2) is 38.5 Å². The molecule has 5 rings (SSSR count). The predicted octanol–water partition coefficient (Wildman–Crippen LogP) is 6.58. The Morgan fingerprint density at radius 2 is 1.75 bits per heavy atom. The number of hydrogen-bond acceptors (Lipinski definition) is 4. The Hall–Kier alpha value is -1.13. The third-order valence-corrected chi connectivity index (χ3v) is 13.3. The van der Waals surface area contributed by atoms with E-state index in [1.54, 1.807) is 19.8 Å². The monoisotopic (exact) mass is 498 g/mol. The molecule has 4 nitrogen and oxygen atoms in total. The number of carbonyl (C=O) groups is 1. The molecule has 4 heteroatoms. The van der Waals surface area contributed by atoms with Gasteiger partial charge in [0.15, 0.2) is 0 Å². The standard InChI is InChI=1S/C32H50O4/c1-20-11-14-32(27(34)36-8)16-15-29(4)23(26(32)21(20)2)9-10-25-30(29,5)13-12-24-28(3,19-33)17-22(18-35-7)31(24,25)6/h9,17,20-21,24-26,33H,10-16,18-19H2,1-8H3/t20-,21+,24?,25?,26?,28?,29-,30-,31+,32?/m1/s1. The first-order chi connectivity index (χ1) is 16.9. The van der Waals surface area contributed by atoms with Crippen molar-refractivity contribution >= 4 is 5.97 Å². The van der Waals surface area contributed by atoms with Crippen LogP contribution in [0.1, 0.15) is 86.5 Å². The van der Waals surface area contributed by atoms with Crippen LogP contribution in [0.5, 0.6) is 0 Å². The third kappa shape index (κ3) is 3.04. The molecule has 3 fully saturated rings. The van der Waals surface area contributed by atoms with E-state index in [0.29, 0.717) is 30.3 Å². The molecule has 0 aromatic rings. The summed E-state index contributed by atoms with van der Waals surface area (Å²) in [6.45, 7) is 15.5. The number of fused-ring (bicyclic) bond motifs is 7. The first-order valence-corrected chi connectivity index (χ1v) is 14.5. The predicted molar refractivity (Wildman–Crippen MR) is 143 cm³/mol. The lowest BCUT2D eigenvalue weighted by atomic mass is 9.35. The molecule has 0 heterocycles. The molecule has 5 unspecified atom stereocenters. The van der Waals surface area contributed by atoms with E-state index in [4.69, 9.17) is 9.47 Å². The summed E-state index contributed by atoms with van der Waals surface area (Å²) in [5, 5.41) is 10.5. The van der Waals surface area contributed by atoms with Crippen LogP contribution < -0.4 is 0 Å². The highest BCUT2D eigenvalue weighted by Gasteiger charge is 2.70. The Labute approximate surface area is 219 Å². The minimum absolute atomic E-state index is 0.00782. The van der Waals surface area contributed by atoms with Gasteiger partial charge in [0.25, 0.3) is 0 Å². The van der Waals surface area contributed by atoms with E-state index in [-0.39, 0.29) is 45.6 Å². The quantitative estimate of drug-likeness (QED) is 0.351. The second kappa shape index (κ2) is 8.43. The van der Waals surface area contributed by atoms with Gasteiger partial charge in [-0.2, -0.15) is 0 Å². The van der Waals surface area contributed by atoms with E-state index in [1.807, 2.05) is 0 Å². The lowest BCUT2D eigenvalue weighted by Gasteiger charge is -2.69. The largest absolute Gasteiger partial charge is 0.469 e. The van der Waals surface area contributed by atoms with Crippen molar-refractivity contribution in [2.24, 2.45) is 56.7 Å². The van der Waals surface area contributed by atoms with E-state index >= 15 is 0 Å². The molecule has 3 saturated carbocycles. The van der Waals surface area contributed by atoms with Crippen LogP contribution in [0.2, 0.25) is 0 Å². The highest BCUT2D eigenvalue weighted by atomic mass is 16.5. The number of allylic oxidation sites excluding steroid dienone is 2. The van der Waals surface area contributed by atoms with Crippen LogP contribution in [0.4, 0.5) is 0 Å². The molecule has 0 radical (unpaired) electrons. The second-order valence-electron chi connectivity index (χ2n) is 14.3. The van der Waals surface area contributed by atoms with E-state index in [1.165, 1.54) is 12.0 Å². The summed E-state index contributed by atoms with van der Waals surface area (Å²) >= 11 is 0. The molecule has 202 valence electrons. The maximum Gasteiger partial charge on any atom is 0.312 e. The van der Waals surface area contributed by atoms with Crippen molar-refractivity contribution < 1.29 is 19.4 Å². The Morgan fingerprint density at radius 1 is 1.03 bits per heavy atom. The van der Waals surface area contributed by atoms with Gasteiger partial charge in [-0.3, -0.25) is 4.79 Å². The Bertz CT molecular complexity index is 983. The van der Waals surface area contributed by atoms with Crippen LogP contribution in [-0.2, 0) is 14.3 Å². The van der Waals surface area contributed by atoms with Gasteiger partial charge in [-0.25, -0.2) is 0 Å². The minimum Gasteiger partial charge on any atom is -0.469 e. The first kappa shape index (κ1) is 26.5. The van der Waals surface area contributed by atoms with E-state index in [0.717, 1.165) is 38.5 Å². The van der Waals surface area contributed by atoms with Crippen molar-refractivity contribution in [2.45, 2.75) is 86.5 Å². The Morgan fingerprint density at radius 3 is 2.39 bits per heavy atom. The van der Waals surface area contributed by atoms with Gasteiger partial charge >= 0.3 is 5.97 Å². The number of esters is 1. The fourth-order valence-corrected chi connectivity index (χ4v) is 10.9. The average Bonchev–Trinajstić information content (AvgIpc) is 3.08. The molecular weight excluding hydrogens is 448 g/mol. The highest BCUT2D eigenvalue weighted by molar-refractivity contribution is 5.78. The maximum atomic E-state index is 13.4. The molecule has 5 aliphatic carbocycles. The summed E-state index contributed by atoms with van der Waals surface area (Å²) in [7, 11) is 3.39. The summed E-state index contributed by atoms with van der Waals surface area (Å²) in [5.74, 6) is 2.32. The fourth-order valence-electron chi connectivity index (χ4n) is 10.9. The maximum absolute atomic E-state index is 13.4. The van der Waals surface area contributed by atoms with Crippen molar-refractivity contribution in [3.8, 4) is 0 Å². The third-order valence-electron chi connectivity index (χ3n) is 13.3. The SMILES string of the molecule is COCC1=CC(C)(CO)C2CC[C@]3(C)C(CC=C4C5[C@@H](C)[C@H](C)CCC5(C(=O)OC)CC[C@]43C)[C@@]12C. The number of carbonyl (C=O) groups excluding carboxylic acids is 1. The number of ether oxygens (including phenoxy) is 2. The molecular formula is C32H50O4. The zero-order chi connectivity index (χ0) is 26.3. The number of methoxy groups -OCH3 is 2. The summed E-state index contributed by atoms with van der Waals surface area (Å²) in [5.41, 5.74) is 2.62. The molecule has 0 spiro atoms. The number of aliphatic hydroxyl groups excluding tert-OH is 1. The molecule has 5 aliphatic rings. The van der Waals surface area contributed by atoms with Crippen LogP contribution >= 0.6 is 0 Å². The highest BCUT2D eigenvalue weighted by Crippen LogP contribution is 2.76. The molecule has 0 bridgehead atoms. The zero-order valence-corrected chi connectivity index (χ0v) is 24.1. The average molecular weight is 499 g/mol. The van der Waals surface area contributed by atoms with Crippen molar-refractivity contribution in [3.05, 3.63) is 23.3 Å². The number of aliphatic hydroxyl groups is 1. The van der Waals surface area contributed by atoms with Crippen LogP contribution in [0, 0.1) is 56.7 Å². The molecule has 0 aromatic carbocycles. The molecule has 0 aliphatic heterocycles. The normalized spacial score (nSPS) is 51.8. The van der Waals surface area contributed by atoms with Gasteiger partial charge in [0.05, 0.1) is 25.7 Å². The first-order valence-electron chi connectivity index (χ1n) is 14.5. The number of rotatable bonds is 4. The lowest BCUT2D eigenvalue weighted by molar-refractivity contribution is -0.177. The topological polar surface area (TPSA) is 55.8 Å². The molecule has 36 heavy (non-hydrogen) atoms. The van der Waals surface area contributed by atoms with Gasteiger partial charge in [-0.15, -0.1) is 0 Å². The summed E-state index contributed by atoms with van der Waals surface area (Å²) in [6, 6.07) is 0. The molecule has 0 saturated heterocycles. The van der Waals surface area contributed by atoms with Crippen molar-refractivity contribution in [1.82, 2.24) is 0 Å². The minimum atomic E-state index is -0.361. The Balaban J connectivity index is 1.64. The van der Waals surface area contributed by atoms with Crippen molar-refractivity contribution in [2.75, 3.05) is 27.4 Å². The van der Waals surface area contributed by atoms with Gasteiger partial charge in [-0.1, -0.05) is 59.3 Å². The van der Waals surface area contributed by atoms with Crippen LogP contribution in [0.25, 0.3) is 0 Å². The van der Waals surface area contributed by atoms with Crippen molar-refractivity contribution in [3.63, 3.8) is 0 Å². The van der Waals surface area contributed by atoms with E-state index < -0.39 is 0 Å². The van der Waals surface area contributed by atoms with E-state index in [2.05, 4.69) is 53.7 Å². The molecule has 0 amide bonds. The van der Waals surface area contributed by atoms with E-state index in [9.17, 15) is 9.90 Å². The molecule has 1 N–H and O–H groups in total. The van der Waals surface area contributed by atoms with Gasteiger partial charge in [-0.05, 0) is 96.4 Å². The number of hydrogen-bond donors (Lipinski definition) is 1. The van der Waals surface area contributed by atoms with Gasteiger partial charge in [0, 0.05) is 12.5 Å². The fraction of sp³-hybridized carbons (Fsp3) is 0.844. The van der Waals surface area contributed by atoms with Crippen LogP contribution in [0.3, 0.4) is 0 Å². The second-order valence-corrected chi connectivity index (χ2v) is 14.3. The van der Waals surface area contributed by atoms with Crippen LogP contribution in [0.15, 0.2) is 23.3 Å². The molecule has 0 aromatic heterocycles. The summed E-state index contributed by atoms with van der Waals surface area (Å²) in [4.78, 5) is 13.4. The molecule has 10 atom stereocenters.